The lowest BCUT2D eigenvalue weighted by atomic mass is 10.0. The molecule has 0 spiro atoms. The van der Waals surface area contributed by atoms with Gasteiger partial charge >= 0.3 is 0 Å². The first-order chi connectivity index (χ1) is 8.24. The van der Waals surface area contributed by atoms with Gasteiger partial charge in [0.05, 0.1) is 6.54 Å². The number of piperidine rings is 1. The Morgan fingerprint density at radius 2 is 2.06 bits per heavy atom. The van der Waals surface area contributed by atoms with Gasteiger partial charge in [-0.15, -0.1) is 0 Å². The lowest BCUT2D eigenvalue weighted by Crippen LogP contribution is -2.34. The molecule has 2 rings (SSSR count). The minimum Gasteiger partial charge on any atom is -0.292 e. The van der Waals surface area contributed by atoms with E-state index in [0.717, 1.165) is 18.0 Å². The van der Waals surface area contributed by atoms with Gasteiger partial charge < -0.3 is 0 Å². The van der Waals surface area contributed by atoms with Crippen molar-refractivity contribution in [2.75, 3.05) is 19.6 Å². The quantitative estimate of drug-likeness (QED) is 0.666. The van der Waals surface area contributed by atoms with Crippen LogP contribution in [0.15, 0.2) is 24.3 Å². The fraction of sp³-hybridized carbons (Fsp3) is 0.500. The van der Waals surface area contributed by atoms with Crippen molar-refractivity contribution < 1.29 is 0 Å². The highest BCUT2D eigenvalue weighted by Crippen LogP contribution is 2.14. The van der Waals surface area contributed by atoms with Gasteiger partial charge in [0, 0.05) is 12.1 Å². The molecule has 1 aromatic carbocycles. The molecule has 1 aliphatic heterocycles. The van der Waals surface area contributed by atoms with Crippen LogP contribution in [0.3, 0.4) is 0 Å². The van der Waals surface area contributed by atoms with Crippen LogP contribution in [-0.4, -0.2) is 24.5 Å². The summed E-state index contributed by atoms with van der Waals surface area (Å²) in [4.78, 5) is 2.47. The van der Waals surface area contributed by atoms with E-state index in [2.05, 4.69) is 54.9 Å². The molecule has 1 atom stereocenters. The van der Waals surface area contributed by atoms with Crippen molar-refractivity contribution in [1.29, 1.82) is 0 Å². The number of likely N-dealkylation sites (tertiary alicyclic amines) is 1. The Morgan fingerprint density at radius 3 is 2.76 bits per heavy atom. The molecule has 0 amide bonds. The van der Waals surface area contributed by atoms with Gasteiger partial charge in [0.15, 0.2) is 0 Å². The summed E-state index contributed by atoms with van der Waals surface area (Å²) in [5.74, 6) is 7.37. The molecule has 17 heavy (non-hydrogen) atoms. The van der Waals surface area contributed by atoms with Crippen molar-refractivity contribution in [2.24, 2.45) is 5.92 Å². The van der Waals surface area contributed by atoms with Crippen molar-refractivity contribution in [3.63, 3.8) is 0 Å². The first-order valence-corrected chi connectivity index (χ1v) is 6.52. The summed E-state index contributed by atoms with van der Waals surface area (Å²) < 4.78 is 0. The summed E-state index contributed by atoms with van der Waals surface area (Å²) in [5, 5.41) is 0. The molecule has 90 valence electrons. The predicted molar refractivity (Wildman–Crippen MR) is 72.9 cm³/mol. The standard InChI is InChI=1S/C16H21N/c1-14-7-9-16(10-8-14)6-4-12-17-11-3-5-15(2)13-17/h7-10,15H,3,5,11-13H2,1-2H3. The van der Waals surface area contributed by atoms with Crippen LogP contribution in [0.4, 0.5) is 0 Å². The van der Waals surface area contributed by atoms with Gasteiger partial charge in [-0.3, -0.25) is 4.90 Å². The van der Waals surface area contributed by atoms with E-state index >= 15 is 0 Å². The summed E-state index contributed by atoms with van der Waals surface area (Å²) in [5.41, 5.74) is 2.42. The molecule has 0 N–H and O–H groups in total. The number of hydrogen-bond acceptors (Lipinski definition) is 1. The topological polar surface area (TPSA) is 3.24 Å². The van der Waals surface area contributed by atoms with E-state index in [1.165, 1.54) is 31.5 Å². The number of nitrogens with zero attached hydrogens (tertiary/aromatic N) is 1. The molecular formula is C16H21N. The zero-order valence-electron chi connectivity index (χ0n) is 10.9. The molecule has 1 fully saturated rings. The van der Waals surface area contributed by atoms with Crippen LogP contribution in [0, 0.1) is 24.7 Å². The Labute approximate surface area is 105 Å². The summed E-state index contributed by atoms with van der Waals surface area (Å²) >= 11 is 0. The largest absolute Gasteiger partial charge is 0.292 e. The Kier molecular flexibility index (Phi) is 4.23. The zero-order chi connectivity index (χ0) is 12.1. The normalized spacial score (nSPS) is 20.7. The van der Waals surface area contributed by atoms with Gasteiger partial charge in [0.25, 0.3) is 0 Å². The highest BCUT2D eigenvalue weighted by molar-refractivity contribution is 5.35. The van der Waals surface area contributed by atoms with Crippen LogP contribution in [0.2, 0.25) is 0 Å². The maximum absolute atomic E-state index is 3.29. The summed E-state index contributed by atoms with van der Waals surface area (Å²) in [6.07, 6.45) is 2.70. The average Bonchev–Trinajstić information content (AvgIpc) is 2.32. The molecule has 1 unspecified atom stereocenters. The Hall–Kier alpha value is -1.26. The van der Waals surface area contributed by atoms with E-state index in [1.807, 2.05) is 0 Å². The fourth-order valence-corrected chi connectivity index (χ4v) is 2.32. The van der Waals surface area contributed by atoms with Gasteiger partial charge in [0.1, 0.15) is 0 Å². The van der Waals surface area contributed by atoms with Gasteiger partial charge in [-0.25, -0.2) is 0 Å². The summed E-state index contributed by atoms with van der Waals surface area (Å²) in [6.45, 7) is 7.78. The van der Waals surface area contributed by atoms with Gasteiger partial charge in [0.2, 0.25) is 0 Å². The molecule has 0 bridgehead atoms. The van der Waals surface area contributed by atoms with Gasteiger partial charge in [-0.05, 0) is 44.4 Å². The van der Waals surface area contributed by atoms with Gasteiger partial charge in [-0.2, -0.15) is 0 Å². The third-order valence-electron chi connectivity index (χ3n) is 3.33. The second-order valence-electron chi connectivity index (χ2n) is 5.15. The highest BCUT2D eigenvalue weighted by Gasteiger charge is 2.14. The molecule has 1 heterocycles. The van der Waals surface area contributed by atoms with Crippen LogP contribution in [0.5, 0.6) is 0 Å². The molecule has 1 aromatic rings. The van der Waals surface area contributed by atoms with Crippen molar-refractivity contribution in [3.05, 3.63) is 35.4 Å². The van der Waals surface area contributed by atoms with Crippen LogP contribution < -0.4 is 0 Å². The van der Waals surface area contributed by atoms with E-state index in [-0.39, 0.29) is 0 Å². The highest BCUT2D eigenvalue weighted by atomic mass is 15.1. The molecule has 1 heteroatoms. The first-order valence-electron chi connectivity index (χ1n) is 6.52. The van der Waals surface area contributed by atoms with E-state index in [9.17, 15) is 0 Å². The van der Waals surface area contributed by atoms with E-state index in [1.54, 1.807) is 0 Å². The average molecular weight is 227 g/mol. The molecule has 1 aliphatic rings. The second-order valence-corrected chi connectivity index (χ2v) is 5.15. The minimum absolute atomic E-state index is 0.838. The van der Waals surface area contributed by atoms with E-state index in [0.29, 0.717) is 0 Å². The lowest BCUT2D eigenvalue weighted by Gasteiger charge is -2.28. The second kappa shape index (κ2) is 5.89. The van der Waals surface area contributed by atoms with Crippen molar-refractivity contribution in [3.8, 4) is 11.8 Å². The monoisotopic (exact) mass is 227 g/mol. The Balaban J connectivity index is 1.87. The molecule has 0 radical (unpaired) electrons. The molecule has 0 aliphatic carbocycles. The third-order valence-corrected chi connectivity index (χ3v) is 3.33. The Bertz CT molecular complexity index is 407. The molecule has 1 nitrogen and oxygen atoms in total. The number of aryl methyl sites for hydroxylation is 1. The van der Waals surface area contributed by atoms with Crippen LogP contribution >= 0.6 is 0 Å². The summed E-state index contributed by atoms with van der Waals surface area (Å²) in [6, 6.07) is 8.43. The summed E-state index contributed by atoms with van der Waals surface area (Å²) in [7, 11) is 0. The lowest BCUT2D eigenvalue weighted by molar-refractivity contribution is 0.204. The van der Waals surface area contributed by atoms with E-state index in [4.69, 9.17) is 0 Å². The molecule has 1 saturated heterocycles. The SMILES string of the molecule is Cc1ccc(C#CCN2CCCC(C)C2)cc1. The van der Waals surface area contributed by atoms with Crippen LogP contribution in [0.25, 0.3) is 0 Å². The van der Waals surface area contributed by atoms with Crippen molar-refractivity contribution in [1.82, 2.24) is 4.90 Å². The molecular weight excluding hydrogens is 206 g/mol. The Morgan fingerprint density at radius 1 is 1.29 bits per heavy atom. The van der Waals surface area contributed by atoms with Crippen LogP contribution in [-0.2, 0) is 0 Å². The maximum Gasteiger partial charge on any atom is 0.0605 e. The molecule has 0 saturated carbocycles. The number of rotatable bonds is 1. The molecule has 0 aromatic heterocycles. The smallest absolute Gasteiger partial charge is 0.0605 e. The van der Waals surface area contributed by atoms with E-state index < -0.39 is 0 Å². The van der Waals surface area contributed by atoms with Gasteiger partial charge in [-0.1, -0.05) is 36.5 Å². The minimum atomic E-state index is 0.838. The van der Waals surface area contributed by atoms with Crippen molar-refractivity contribution in [2.45, 2.75) is 26.7 Å². The fourth-order valence-electron chi connectivity index (χ4n) is 2.32. The van der Waals surface area contributed by atoms with Crippen molar-refractivity contribution >= 4 is 0 Å². The number of benzene rings is 1. The zero-order valence-corrected chi connectivity index (χ0v) is 10.9. The predicted octanol–water partition coefficient (Wildman–Crippen LogP) is 3.08. The number of hydrogen-bond donors (Lipinski definition) is 0. The first kappa shape index (κ1) is 12.2. The van der Waals surface area contributed by atoms with Crippen LogP contribution in [0.1, 0.15) is 30.9 Å². The maximum atomic E-state index is 3.29. The third kappa shape index (κ3) is 3.91.